The van der Waals surface area contributed by atoms with Crippen LogP contribution in [0.2, 0.25) is 0 Å². The fraction of sp³-hybridized carbons (Fsp3) is 0.387. The zero-order valence-corrected chi connectivity index (χ0v) is 22.1. The number of halogens is 1. The molecule has 1 aliphatic heterocycles. The molecule has 0 unspecified atom stereocenters. The van der Waals surface area contributed by atoms with Gasteiger partial charge in [-0.1, -0.05) is 30.3 Å². The second kappa shape index (κ2) is 12.6. The highest BCUT2D eigenvalue weighted by atomic mass is 19.1. The lowest BCUT2D eigenvalue weighted by molar-refractivity contribution is -0.143. The summed E-state index contributed by atoms with van der Waals surface area (Å²) in [6, 6.07) is 20.1. The van der Waals surface area contributed by atoms with Crippen LogP contribution in [-0.4, -0.2) is 39.8 Å². The fourth-order valence-electron chi connectivity index (χ4n) is 5.04. The minimum absolute atomic E-state index is 0.185. The Morgan fingerprint density at radius 1 is 1.05 bits per heavy atom. The van der Waals surface area contributed by atoms with E-state index in [-0.39, 0.29) is 18.2 Å². The summed E-state index contributed by atoms with van der Waals surface area (Å²) in [5, 5.41) is 0. The highest BCUT2D eigenvalue weighted by Gasteiger charge is 2.20. The van der Waals surface area contributed by atoms with Crippen LogP contribution in [0, 0.1) is 5.82 Å². The van der Waals surface area contributed by atoms with Crippen LogP contribution in [0.15, 0.2) is 60.7 Å². The van der Waals surface area contributed by atoms with Crippen molar-refractivity contribution in [2.75, 3.05) is 43.7 Å². The van der Waals surface area contributed by atoms with E-state index >= 15 is 0 Å². The lowest BCUT2D eigenvalue weighted by atomic mass is 9.95. The minimum Gasteiger partial charge on any atom is -0.497 e. The number of anilines is 2. The third-order valence-electron chi connectivity index (χ3n) is 7.04. The van der Waals surface area contributed by atoms with Gasteiger partial charge in [0.2, 0.25) is 0 Å². The number of aryl methyl sites for hydroxylation is 1. The number of hydrogen-bond acceptors (Lipinski definition) is 5. The molecule has 0 radical (unpaired) electrons. The van der Waals surface area contributed by atoms with Crippen LogP contribution in [0.4, 0.5) is 15.8 Å². The monoisotopic (exact) mass is 504 g/mol. The van der Waals surface area contributed by atoms with Crippen molar-refractivity contribution in [3.63, 3.8) is 0 Å². The highest BCUT2D eigenvalue weighted by molar-refractivity contribution is 5.69. The summed E-state index contributed by atoms with van der Waals surface area (Å²) in [6.45, 7) is 4.82. The summed E-state index contributed by atoms with van der Waals surface area (Å²) < 4.78 is 25.1. The van der Waals surface area contributed by atoms with Gasteiger partial charge in [0.05, 0.1) is 13.7 Å². The summed E-state index contributed by atoms with van der Waals surface area (Å²) in [5.74, 6) is 0.312. The van der Waals surface area contributed by atoms with E-state index in [2.05, 4.69) is 40.1 Å². The normalized spacial score (nSPS) is 12.7. The first kappa shape index (κ1) is 26.5. The summed E-state index contributed by atoms with van der Waals surface area (Å²) >= 11 is 0. The van der Waals surface area contributed by atoms with E-state index in [0.717, 1.165) is 43.8 Å². The van der Waals surface area contributed by atoms with Gasteiger partial charge in [-0.05, 0) is 85.2 Å². The molecule has 1 heterocycles. The molecule has 37 heavy (non-hydrogen) atoms. The van der Waals surface area contributed by atoms with Crippen molar-refractivity contribution in [3.05, 3.63) is 88.7 Å². The summed E-state index contributed by atoms with van der Waals surface area (Å²) in [4.78, 5) is 16.2. The van der Waals surface area contributed by atoms with E-state index in [0.29, 0.717) is 25.1 Å². The van der Waals surface area contributed by atoms with Gasteiger partial charge in [-0.25, -0.2) is 4.39 Å². The molecule has 0 atom stereocenters. The number of esters is 1. The van der Waals surface area contributed by atoms with Gasteiger partial charge < -0.3 is 19.3 Å². The molecule has 0 N–H and O–H groups in total. The molecular formula is C31H37FN2O3. The SMILES string of the molecule is CCOC(=O)CCc1ccc(N(C)Cc2cccc3c2CCCN3CCc2cccc(OC)c2)cc1F. The van der Waals surface area contributed by atoms with Gasteiger partial charge >= 0.3 is 5.97 Å². The number of carbonyl (C=O) groups is 1. The van der Waals surface area contributed by atoms with E-state index in [1.165, 1.54) is 22.4 Å². The third kappa shape index (κ3) is 6.82. The second-order valence-corrected chi connectivity index (χ2v) is 9.54. The Bertz CT molecular complexity index is 1210. The third-order valence-corrected chi connectivity index (χ3v) is 7.04. The van der Waals surface area contributed by atoms with Crippen molar-refractivity contribution in [3.8, 4) is 5.75 Å². The molecule has 196 valence electrons. The topological polar surface area (TPSA) is 42.0 Å². The van der Waals surface area contributed by atoms with Gasteiger partial charge in [0.25, 0.3) is 0 Å². The number of fused-ring (bicyclic) bond motifs is 1. The molecule has 0 aliphatic carbocycles. The number of nitrogens with zero attached hydrogens (tertiary/aromatic N) is 2. The molecule has 0 bridgehead atoms. The smallest absolute Gasteiger partial charge is 0.306 e. The Morgan fingerprint density at radius 3 is 2.68 bits per heavy atom. The van der Waals surface area contributed by atoms with Crippen LogP contribution in [0.1, 0.15) is 42.0 Å². The van der Waals surface area contributed by atoms with Crippen LogP contribution in [-0.2, 0) is 35.3 Å². The van der Waals surface area contributed by atoms with Crippen molar-refractivity contribution in [1.29, 1.82) is 0 Å². The van der Waals surface area contributed by atoms with Crippen LogP contribution in [0.5, 0.6) is 5.75 Å². The molecule has 5 nitrogen and oxygen atoms in total. The lowest BCUT2D eigenvalue weighted by Crippen LogP contribution is -2.32. The lowest BCUT2D eigenvalue weighted by Gasteiger charge is -2.33. The Hall–Kier alpha value is -3.54. The zero-order valence-electron chi connectivity index (χ0n) is 22.1. The van der Waals surface area contributed by atoms with Crippen LogP contribution < -0.4 is 14.5 Å². The Morgan fingerprint density at radius 2 is 1.89 bits per heavy atom. The quantitative estimate of drug-likeness (QED) is 0.301. The minimum atomic E-state index is -0.297. The molecule has 0 fully saturated rings. The molecule has 3 aromatic rings. The van der Waals surface area contributed by atoms with Crippen LogP contribution in [0.25, 0.3) is 0 Å². The average molecular weight is 505 g/mol. The number of benzene rings is 3. The number of hydrogen-bond donors (Lipinski definition) is 0. The molecule has 0 amide bonds. The molecule has 4 rings (SSSR count). The number of carbonyl (C=O) groups excluding carboxylic acids is 1. The number of methoxy groups -OCH3 is 1. The molecule has 0 saturated carbocycles. The van der Waals surface area contributed by atoms with Gasteiger partial charge in [-0.15, -0.1) is 0 Å². The standard InChI is InChI=1S/C31H37FN2O3/c1-4-37-31(35)16-14-24-13-15-26(21-29(24)32)33(2)22-25-9-6-12-30-28(25)11-7-18-34(30)19-17-23-8-5-10-27(20-23)36-3/h5-6,8-10,12-13,15,20-21H,4,7,11,14,16-19,22H2,1-3H3. The summed E-state index contributed by atoms with van der Waals surface area (Å²) in [7, 11) is 3.70. The molecule has 6 heteroatoms. The Balaban J connectivity index is 1.43. The second-order valence-electron chi connectivity index (χ2n) is 9.54. The maximum Gasteiger partial charge on any atom is 0.306 e. The van der Waals surface area contributed by atoms with Crippen molar-refractivity contribution in [1.82, 2.24) is 0 Å². The first-order valence-corrected chi connectivity index (χ1v) is 13.1. The van der Waals surface area contributed by atoms with Crippen molar-refractivity contribution in [2.24, 2.45) is 0 Å². The molecule has 0 spiro atoms. The van der Waals surface area contributed by atoms with Gasteiger partial charge in [0, 0.05) is 44.5 Å². The summed E-state index contributed by atoms with van der Waals surface area (Å²) in [6.07, 6.45) is 3.66. The first-order valence-electron chi connectivity index (χ1n) is 13.1. The Labute approximate surface area is 219 Å². The van der Waals surface area contributed by atoms with Crippen LogP contribution in [0.3, 0.4) is 0 Å². The molecule has 0 saturated heterocycles. The number of rotatable bonds is 11. The van der Waals surface area contributed by atoms with Gasteiger partial charge in [-0.3, -0.25) is 4.79 Å². The summed E-state index contributed by atoms with van der Waals surface area (Å²) in [5.41, 5.74) is 6.60. The van der Waals surface area contributed by atoms with Crippen LogP contribution >= 0.6 is 0 Å². The van der Waals surface area contributed by atoms with E-state index < -0.39 is 0 Å². The van der Waals surface area contributed by atoms with Gasteiger partial charge in [0.1, 0.15) is 11.6 Å². The maximum atomic E-state index is 14.8. The zero-order chi connectivity index (χ0) is 26.2. The predicted octanol–water partition coefficient (Wildman–Crippen LogP) is 5.96. The fourth-order valence-corrected chi connectivity index (χ4v) is 5.04. The molecule has 3 aromatic carbocycles. The highest BCUT2D eigenvalue weighted by Crippen LogP contribution is 2.32. The number of ether oxygens (including phenoxy) is 2. The van der Waals surface area contributed by atoms with Gasteiger partial charge in [0.15, 0.2) is 0 Å². The van der Waals surface area contributed by atoms with Gasteiger partial charge in [-0.2, -0.15) is 0 Å². The Kier molecular flexibility index (Phi) is 9.04. The first-order chi connectivity index (χ1) is 18.0. The average Bonchev–Trinajstić information content (AvgIpc) is 2.91. The largest absolute Gasteiger partial charge is 0.497 e. The molecule has 0 aromatic heterocycles. The van der Waals surface area contributed by atoms with Crippen molar-refractivity contribution in [2.45, 2.75) is 45.6 Å². The van der Waals surface area contributed by atoms with Crippen molar-refractivity contribution >= 4 is 17.3 Å². The van der Waals surface area contributed by atoms with E-state index in [9.17, 15) is 9.18 Å². The van der Waals surface area contributed by atoms with Crippen molar-refractivity contribution < 1.29 is 18.7 Å². The maximum absolute atomic E-state index is 14.8. The predicted molar refractivity (Wildman–Crippen MR) is 147 cm³/mol. The molecule has 1 aliphatic rings. The van der Waals surface area contributed by atoms with E-state index in [4.69, 9.17) is 9.47 Å². The molecular weight excluding hydrogens is 467 g/mol. The van der Waals surface area contributed by atoms with E-state index in [1.54, 1.807) is 26.2 Å². The van der Waals surface area contributed by atoms with E-state index in [1.807, 2.05) is 25.2 Å².